The van der Waals surface area contributed by atoms with Crippen molar-refractivity contribution < 1.29 is 17.9 Å². The van der Waals surface area contributed by atoms with Gasteiger partial charge in [0.05, 0.1) is 5.88 Å². The van der Waals surface area contributed by atoms with Gasteiger partial charge in [-0.2, -0.15) is 0 Å². The number of rotatable bonds is 2. The fourth-order valence-electron chi connectivity index (χ4n) is 1.91. The predicted octanol–water partition coefficient (Wildman–Crippen LogP) is 1.06. The monoisotopic (exact) mass is 278 g/mol. The third-order valence-corrected chi connectivity index (χ3v) is 4.51. The second-order valence-corrected chi connectivity index (χ2v) is 7.66. The molecule has 1 unspecified atom stereocenters. The van der Waals surface area contributed by atoms with Gasteiger partial charge in [-0.25, -0.2) is 13.2 Å². The van der Waals surface area contributed by atoms with Crippen LogP contribution in [0.4, 0.5) is 4.79 Å². The second-order valence-electron chi connectivity index (χ2n) is 5.45. The minimum absolute atomic E-state index is 0.402. The largest absolute Gasteiger partial charge is 0.444 e. The Balaban J connectivity index is 2.87. The average molecular weight is 278 g/mol. The van der Waals surface area contributed by atoms with Crippen molar-refractivity contribution in [2.75, 3.05) is 12.4 Å². The summed E-state index contributed by atoms with van der Waals surface area (Å²) in [5.74, 6) is -0.447. The topological polar surface area (TPSA) is 89.7 Å². The minimum Gasteiger partial charge on any atom is -0.444 e. The van der Waals surface area contributed by atoms with E-state index in [2.05, 4.69) is 0 Å². The first-order valence-corrected chi connectivity index (χ1v) is 7.80. The molecule has 0 bridgehead atoms. The van der Waals surface area contributed by atoms with Crippen molar-refractivity contribution in [1.82, 2.24) is 4.90 Å². The van der Waals surface area contributed by atoms with Crippen molar-refractivity contribution in [2.45, 2.75) is 51.0 Å². The van der Waals surface area contributed by atoms with E-state index >= 15 is 0 Å². The summed E-state index contributed by atoms with van der Waals surface area (Å²) < 4.78 is 28.9. The van der Waals surface area contributed by atoms with Crippen molar-refractivity contribution >= 4 is 15.9 Å². The molecule has 1 heterocycles. The number of nitrogens with two attached hydrogens (primary N) is 1. The molecule has 1 atom stereocenters. The van der Waals surface area contributed by atoms with E-state index < -0.39 is 32.8 Å². The van der Waals surface area contributed by atoms with Gasteiger partial charge in [-0.3, -0.25) is 4.90 Å². The normalized spacial score (nSPS) is 21.8. The van der Waals surface area contributed by atoms with Crippen LogP contribution in [0.25, 0.3) is 0 Å². The number of carbonyl (C=O) groups excluding carboxylic acids is 1. The lowest BCUT2D eigenvalue weighted by Crippen LogP contribution is -2.50. The van der Waals surface area contributed by atoms with Crippen LogP contribution in [0.5, 0.6) is 0 Å². The van der Waals surface area contributed by atoms with Crippen LogP contribution in [0.15, 0.2) is 0 Å². The molecule has 1 aliphatic heterocycles. The molecule has 0 aromatic rings. The fraction of sp³-hybridized carbons (Fsp3) is 0.909. The van der Waals surface area contributed by atoms with Crippen molar-refractivity contribution in [1.29, 1.82) is 0 Å². The van der Waals surface area contributed by atoms with Gasteiger partial charge in [0.1, 0.15) is 11.0 Å². The molecule has 2 N–H and O–H groups in total. The summed E-state index contributed by atoms with van der Waals surface area (Å²) in [4.78, 5) is 13.3. The molecule has 1 aliphatic rings. The van der Waals surface area contributed by atoms with Crippen LogP contribution in [-0.4, -0.2) is 42.8 Å². The Kier molecular flexibility index (Phi) is 4.61. The fourth-order valence-corrected chi connectivity index (χ4v) is 3.24. The van der Waals surface area contributed by atoms with Gasteiger partial charge in [0.2, 0.25) is 0 Å². The molecule has 6 nitrogen and oxygen atoms in total. The van der Waals surface area contributed by atoms with Gasteiger partial charge in [-0.1, -0.05) is 0 Å². The Morgan fingerprint density at radius 1 is 1.39 bits per heavy atom. The molecule has 0 aromatic carbocycles. The summed E-state index contributed by atoms with van der Waals surface area (Å²) in [5.41, 5.74) is 4.63. The maximum atomic E-state index is 12.0. The number of amides is 1. The van der Waals surface area contributed by atoms with Crippen molar-refractivity contribution in [3.8, 4) is 0 Å². The third kappa shape index (κ3) is 3.84. The van der Waals surface area contributed by atoms with E-state index in [1.807, 2.05) is 0 Å². The van der Waals surface area contributed by atoms with Crippen LogP contribution >= 0.6 is 0 Å². The van der Waals surface area contributed by atoms with Crippen LogP contribution in [0.3, 0.4) is 0 Å². The molecule has 0 spiro atoms. The van der Waals surface area contributed by atoms with Crippen LogP contribution in [-0.2, 0) is 14.6 Å². The third-order valence-electron chi connectivity index (χ3n) is 2.72. The van der Waals surface area contributed by atoms with Gasteiger partial charge >= 0.3 is 6.09 Å². The first-order valence-electron chi connectivity index (χ1n) is 6.08. The number of likely N-dealkylation sites (tertiary alicyclic amines) is 1. The van der Waals surface area contributed by atoms with Crippen LogP contribution in [0.2, 0.25) is 0 Å². The number of piperidine rings is 1. The highest BCUT2D eigenvalue weighted by molar-refractivity contribution is 7.91. The Morgan fingerprint density at radius 3 is 2.50 bits per heavy atom. The number of ether oxygens (including phenoxy) is 1. The molecular formula is C11H22N2O4S. The zero-order valence-corrected chi connectivity index (χ0v) is 12.0. The first kappa shape index (κ1) is 15.2. The quantitative estimate of drug-likeness (QED) is 0.816. The summed E-state index contributed by atoms with van der Waals surface area (Å²) in [5, 5.41) is -0.842. The van der Waals surface area contributed by atoms with Gasteiger partial charge in [-0.15, -0.1) is 0 Å². The molecule has 0 radical (unpaired) electrons. The SMILES string of the molecule is CC(C)(C)OC(=O)N1CCCCC1S(=O)(=O)CN. The van der Waals surface area contributed by atoms with E-state index in [1.165, 1.54) is 4.90 Å². The van der Waals surface area contributed by atoms with Crippen molar-refractivity contribution in [2.24, 2.45) is 5.73 Å². The first-order chi connectivity index (χ1) is 8.17. The highest BCUT2D eigenvalue weighted by atomic mass is 32.2. The molecule has 0 saturated carbocycles. The molecule has 0 aliphatic carbocycles. The van der Waals surface area contributed by atoms with E-state index in [9.17, 15) is 13.2 Å². The Hall–Kier alpha value is -0.820. The molecule has 1 saturated heterocycles. The lowest BCUT2D eigenvalue weighted by atomic mass is 10.1. The smallest absolute Gasteiger partial charge is 0.411 e. The Labute approximate surface area is 108 Å². The average Bonchev–Trinajstić information content (AvgIpc) is 2.27. The maximum absolute atomic E-state index is 12.0. The summed E-state index contributed by atoms with van der Waals surface area (Å²) in [7, 11) is -3.47. The second kappa shape index (κ2) is 5.44. The van der Waals surface area contributed by atoms with E-state index in [1.54, 1.807) is 20.8 Å². The molecular weight excluding hydrogens is 256 g/mol. The van der Waals surface area contributed by atoms with Gasteiger partial charge < -0.3 is 10.5 Å². The zero-order valence-electron chi connectivity index (χ0n) is 11.2. The molecule has 1 fully saturated rings. The van der Waals surface area contributed by atoms with Crippen molar-refractivity contribution in [3.05, 3.63) is 0 Å². The van der Waals surface area contributed by atoms with E-state index in [0.717, 1.165) is 12.8 Å². The van der Waals surface area contributed by atoms with Gasteiger partial charge in [-0.05, 0) is 40.0 Å². The highest BCUT2D eigenvalue weighted by Crippen LogP contribution is 2.23. The molecule has 1 amide bonds. The lowest BCUT2D eigenvalue weighted by Gasteiger charge is -2.35. The summed E-state index contributed by atoms with van der Waals surface area (Å²) in [6.07, 6.45) is 1.42. The minimum atomic E-state index is -3.47. The molecule has 7 heteroatoms. The lowest BCUT2D eigenvalue weighted by molar-refractivity contribution is 0.0177. The molecule has 1 rings (SSSR count). The number of sulfone groups is 1. The summed E-state index contributed by atoms with van der Waals surface area (Å²) in [6.45, 7) is 5.66. The highest BCUT2D eigenvalue weighted by Gasteiger charge is 2.37. The van der Waals surface area contributed by atoms with Crippen LogP contribution in [0.1, 0.15) is 40.0 Å². The van der Waals surface area contributed by atoms with Gasteiger partial charge in [0.25, 0.3) is 0 Å². The number of nitrogens with zero attached hydrogens (tertiary/aromatic N) is 1. The van der Waals surface area contributed by atoms with Gasteiger partial charge in [0, 0.05) is 6.54 Å². The van der Waals surface area contributed by atoms with E-state index in [0.29, 0.717) is 13.0 Å². The van der Waals surface area contributed by atoms with Gasteiger partial charge in [0.15, 0.2) is 9.84 Å². The van der Waals surface area contributed by atoms with Crippen LogP contribution < -0.4 is 5.73 Å². The van der Waals surface area contributed by atoms with E-state index in [4.69, 9.17) is 10.5 Å². The number of hydrogen-bond acceptors (Lipinski definition) is 5. The Morgan fingerprint density at radius 2 is 2.00 bits per heavy atom. The van der Waals surface area contributed by atoms with Crippen LogP contribution in [0, 0.1) is 0 Å². The molecule has 18 heavy (non-hydrogen) atoms. The summed E-state index contributed by atoms with van der Waals surface area (Å²) in [6, 6.07) is 0. The van der Waals surface area contributed by atoms with Crippen molar-refractivity contribution in [3.63, 3.8) is 0 Å². The predicted molar refractivity (Wildman–Crippen MR) is 68.6 cm³/mol. The maximum Gasteiger partial charge on any atom is 0.411 e. The summed E-state index contributed by atoms with van der Waals surface area (Å²) >= 11 is 0. The number of hydrogen-bond donors (Lipinski definition) is 1. The zero-order chi connectivity index (χ0) is 14.0. The van der Waals surface area contributed by atoms with E-state index in [-0.39, 0.29) is 0 Å². The molecule has 106 valence electrons. The molecule has 0 aromatic heterocycles. The standard InChI is InChI=1S/C11H22N2O4S/c1-11(2,3)17-10(14)13-7-5-4-6-9(13)18(15,16)8-12/h9H,4-8,12H2,1-3H3. The number of carbonyl (C=O) groups is 1. The Bertz CT molecular complexity index is 400.